The lowest BCUT2D eigenvalue weighted by Crippen LogP contribution is -2.07. The molecule has 3 aromatic carbocycles. The molecule has 1 heterocycles. The van der Waals surface area contributed by atoms with Crippen LogP contribution in [0.25, 0.3) is 0 Å². The Hall–Kier alpha value is -3.79. The van der Waals surface area contributed by atoms with Crippen LogP contribution in [0.5, 0.6) is 0 Å². The highest BCUT2D eigenvalue weighted by Gasteiger charge is 2.19. The molecular weight excluding hydrogens is 491 g/mol. The molecule has 4 aromatic rings. The normalized spacial score (nSPS) is 11.7. The number of aryl methyl sites for hydroxylation is 1. The SMILES string of the molecule is Cc1cc(C(C#N)c2ccc(Cl)cc2)c(Cl)cc1Nc1ncnc(Nc2ccc(C(C)C)cc2)c1N. The number of rotatable bonds is 7. The maximum Gasteiger partial charge on any atom is 0.159 e. The van der Waals surface area contributed by atoms with Crippen LogP contribution >= 0.6 is 23.2 Å². The van der Waals surface area contributed by atoms with Gasteiger partial charge in [0.05, 0.1) is 12.0 Å². The van der Waals surface area contributed by atoms with Crippen molar-refractivity contribution in [3.05, 3.63) is 99.3 Å². The van der Waals surface area contributed by atoms with Gasteiger partial charge in [-0.15, -0.1) is 0 Å². The predicted molar refractivity (Wildman–Crippen MR) is 149 cm³/mol. The van der Waals surface area contributed by atoms with Crippen LogP contribution in [0.1, 0.15) is 47.9 Å². The monoisotopic (exact) mass is 516 g/mol. The van der Waals surface area contributed by atoms with Crippen molar-refractivity contribution >= 4 is 51.9 Å². The van der Waals surface area contributed by atoms with Crippen molar-refractivity contribution in [1.82, 2.24) is 9.97 Å². The van der Waals surface area contributed by atoms with Crippen LogP contribution in [0, 0.1) is 18.3 Å². The van der Waals surface area contributed by atoms with Crippen LogP contribution in [-0.2, 0) is 0 Å². The van der Waals surface area contributed by atoms with E-state index in [9.17, 15) is 5.26 Å². The van der Waals surface area contributed by atoms with Crippen molar-refractivity contribution in [2.75, 3.05) is 16.4 Å². The lowest BCUT2D eigenvalue weighted by Gasteiger charge is -2.17. The molecule has 0 aliphatic heterocycles. The average Bonchev–Trinajstić information content (AvgIpc) is 2.86. The summed E-state index contributed by atoms with van der Waals surface area (Å²) in [6.45, 7) is 6.24. The van der Waals surface area contributed by atoms with Crippen LogP contribution in [0.2, 0.25) is 10.0 Å². The van der Waals surface area contributed by atoms with Crippen LogP contribution in [-0.4, -0.2) is 9.97 Å². The Labute approximate surface area is 221 Å². The van der Waals surface area contributed by atoms with Crippen molar-refractivity contribution < 1.29 is 0 Å². The minimum Gasteiger partial charge on any atom is -0.393 e. The summed E-state index contributed by atoms with van der Waals surface area (Å²) in [4.78, 5) is 8.62. The molecule has 6 nitrogen and oxygen atoms in total. The van der Waals surface area contributed by atoms with Gasteiger partial charge in [-0.2, -0.15) is 5.26 Å². The van der Waals surface area contributed by atoms with Crippen LogP contribution < -0.4 is 16.4 Å². The highest BCUT2D eigenvalue weighted by atomic mass is 35.5. The maximum atomic E-state index is 9.85. The zero-order chi connectivity index (χ0) is 25.8. The fourth-order valence-electron chi connectivity index (χ4n) is 3.85. The van der Waals surface area contributed by atoms with Crippen molar-refractivity contribution in [2.24, 2.45) is 0 Å². The Morgan fingerprint density at radius 1 is 0.889 bits per heavy atom. The number of aromatic nitrogens is 2. The second kappa shape index (κ2) is 10.9. The van der Waals surface area contributed by atoms with E-state index < -0.39 is 5.92 Å². The van der Waals surface area contributed by atoms with Gasteiger partial charge >= 0.3 is 0 Å². The van der Waals surface area contributed by atoms with Gasteiger partial charge in [-0.25, -0.2) is 9.97 Å². The van der Waals surface area contributed by atoms with Gasteiger partial charge in [-0.3, -0.25) is 0 Å². The maximum absolute atomic E-state index is 9.85. The molecule has 8 heteroatoms. The number of nitriles is 1. The number of anilines is 5. The fraction of sp³-hybridized carbons (Fsp3) is 0.179. The summed E-state index contributed by atoms with van der Waals surface area (Å²) >= 11 is 12.6. The highest BCUT2D eigenvalue weighted by molar-refractivity contribution is 6.32. The number of nitrogens with two attached hydrogens (primary N) is 1. The second-order valence-electron chi connectivity index (χ2n) is 8.81. The highest BCUT2D eigenvalue weighted by Crippen LogP contribution is 2.36. The number of halogens is 2. The van der Waals surface area contributed by atoms with E-state index in [-0.39, 0.29) is 0 Å². The average molecular weight is 517 g/mol. The summed E-state index contributed by atoms with van der Waals surface area (Å²) < 4.78 is 0. The van der Waals surface area contributed by atoms with Gasteiger partial charge in [-0.05, 0) is 65.4 Å². The smallest absolute Gasteiger partial charge is 0.159 e. The third-order valence-electron chi connectivity index (χ3n) is 5.96. The zero-order valence-corrected chi connectivity index (χ0v) is 21.7. The molecule has 0 saturated carbocycles. The first-order chi connectivity index (χ1) is 17.3. The summed E-state index contributed by atoms with van der Waals surface area (Å²) in [6, 6.07) is 21.4. The molecule has 4 rings (SSSR count). The molecule has 0 spiro atoms. The molecule has 1 atom stereocenters. The first-order valence-corrected chi connectivity index (χ1v) is 12.2. The summed E-state index contributed by atoms with van der Waals surface area (Å²) in [7, 11) is 0. The van der Waals surface area contributed by atoms with Gasteiger partial charge < -0.3 is 16.4 Å². The van der Waals surface area contributed by atoms with E-state index in [2.05, 4.69) is 52.7 Å². The molecule has 0 aliphatic rings. The molecule has 0 aliphatic carbocycles. The number of nitrogens with one attached hydrogen (secondary N) is 2. The van der Waals surface area contributed by atoms with Crippen molar-refractivity contribution in [2.45, 2.75) is 32.6 Å². The molecule has 0 fully saturated rings. The first kappa shape index (κ1) is 25.3. The zero-order valence-electron chi connectivity index (χ0n) is 20.2. The number of benzene rings is 3. The number of hydrogen-bond donors (Lipinski definition) is 3. The largest absolute Gasteiger partial charge is 0.393 e. The van der Waals surface area contributed by atoms with Crippen LogP contribution in [0.4, 0.5) is 28.7 Å². The van der Waals surface area contributed by atoms with Gasteiger partial charge in [0.25, 0.3) is 0 Å². The standard InChI is InChI=1S/C28H26Cl2N6/c1-16(2)18-6-10-21(11-7-18)35-27-26(32)28(34-15-33-27)36-25-13-24(30)22(12-17(25)3)23(14-31)19-4-8-20(29)9-5-19/h4-13,15-16,23H,32H2,1-3H3,(H2,33,34,35,36). The van der Waals surface area contributed by atoms with Crippen molar-refractivity contribution in [3.8, 4) is 6.07 Å². The van der Waals surface area contributed by atoms with E-state index in [0.29, 0.717) is 38.8 Å². The van der Waals surface area contributed by atoms with Crippen LogP contribution in [0.3, 0.4) is 0 Å². The predicted octanol–water partition coefficient (Wildman–Crippen LogP) is 7.94. The lowest BCUT2D eigenvalue weighted by molar-refractivity contribution is 0.867. The van der Waals surface area contributed by atoms with Gasteiger partial charge in [0.1, 0.15) is 12.0 Å². The molecule has 1 unspecified atom stereocenters. The van der Waals surface area contributed by atoms with Crippen molar-refractivity contribution in [1.29, 1.82) is 5.26 Å². The van der Waals surface area contributed by atoms with Crippen LogP contribution in [0.15, 0.2) is 67.0 Å². The molecule has 4 N–H and O–H groups in total. The van der Waals surface area contributed by atoms with E-state index >= 15 is 0 Å². The molecule has 36 heavy (non-hydrogen) atoms. The Kier molecular flexibility index (Phi) is 7.64. The summed E-state index contributed by atoms with van der Waals surface area (Å²) in [5.74, 6) is 0.879. The van der Waals surface area contributed by atoms with Gasteiger partial charge in [0.2, 0.25) is 0 Å². The summed E-state index contributed by atoms with van der Waals surface area (Å²) in [5, 5.41) is 17.4. The van der Waals surface area contributed by atoms with E-state index in [1.807, 2.05) is 37.3 Å². The third kappa shape index (κ3) is 5.54. The summed E-state index contributed by atoms with van der Waals surface area (Å²) in [5.41, 5.74) is 12.1. The van der Waals surface area contributed by atoms with E-state index in [0.717, 1.165) is 22.5 Å². The van der Waals surface area contributed by atoms with E-state index in [1.54, 1.807) is 18.2 Å². The molecular formula is C28H26Cl2N6. The first-order valence-electron chi connectivity index (χ1n) is 11.5. The Morgan fingerprint density at radius 2 is 1.50 bits per heavy atom. The third-order valence-corrected chi connectivity index (χ3v) is 6.54. The van der Waals surface area contributed by atoms with Gasteiger partial charge in [0.15, 0.2) is 11.6 Å². The molecule has 0 amide bonds. The van der Waals surface area contributed by atoms with Crippen molar-refractivity contribution in [3.63, 3.8) is 0 Å². The quantitative estimate of drug-likeness (QED) is 0.230. The minimum absolute atomic E-state index is 0.376. The van der Waals surface area contributed by atoms with E-state index in [1.165, 1.54) is 11.9 Å². The van der Waals surface area contributed by atoms with E-state index in [4.69, 9.17) is 28.9 Å². The number of nitrogens with zero attached hydrogens (tertiary/aromatic N) is 3. The summed E-state index contributed by atoms with van der Waals surface area (Å²) in [6.07, 6.45) is 1.45. The number of hydrogen-bond acceptors (Lipinski definition) is 6. The lowest BCUT2D eigenvalue weighted by atomic mass is 9.91. The molecule has 0 bridgehead atoms. The second-order valence-corrected chi connectivity index (χ2v) is 9.66. The molecule has 1 aromatic heterocycles. The molecule has 182 valence electrons. The Morgan fingerprint density at radius 3 is 2.11 bits per heavy atom. The topological polar surface area (TPSA) is 99.6 Å². The number of nitrogen functional groups attached to an aromatic ring is 1. The van der Waals surface area contributed by atoms with Gasteiger partial charge in [-0.1, -0.05) is 67.4 Å². The molecule has 0 radical (unpaired) electrons. The minimum atomic E-state index is -0.524. The Balaban J connectivity index is 1.58. The molecule has 0 saturated heterocycles. The fourth-order valence-corrected chi connectivity index (χ4v) is 4.25. The Bertz CT molecular complexity index is 1410. The van der Waals surface area contributed by atoms with Gasteiger partial charge in [0, 0.05) is 21.4 Å².